The lowest BCUT2D eigenvalue weighted by Crippen LogP contribution is -2.39. The number of aromatic nitrogens is 3. The Hall–Kier alpha value is -2.52. The average Bonchev–Trinajstić information content (AvgIpc) is 3.09. The van der Waals surface area contributed by atoms with Crippen molar-refractivity contribution in [3.63, 3.8) is 0 Å². The van der Waals surface area contributed by atoms with E-state index in [0.717, 1.165) is 39.6 Å². The molecule has 1 aliphatic rings. The van der Waals surface area contributed by atoms with Gasteiger partial charge in [-0.2, -0.15) is 0 Å². The molecule has 3 heterocycles. The molecular weight excluding hydrogens is 456 g/mol. The molecule has 4 rings (SSSR count). The summed E-state index contributed by atoms with van der Waals surface area (Å²) in [5.41, 5.74) is 0.885. The van der Waals surface area contributed by atoms with E-state index in [-0.39, 0.29) is 11.6 Å². The number of H-pyrrole nitrogens is 2. The molecule has 1 aliphatic heterocycles. The Morgan fingerprint density at radius 3 is 2.52 bits per heavy atom. The van der Waals surface area contributed by atoms with Crippen LogP contribution in [0.4, 0.5) is 0 Å². The second kappa shape index (κ2) is 8.08. The number of aromatic amines is 2. The van der Waals surface area contributed by atoms with E-state index in [0.29, 0.717) is 19.0 Å². The van der Waals surface area contributed by atoms with Gasteiger partial charge in [0, 0.05) is 40.0 Å². The van der Waals surface area contributed by atoms with Gasteiger partial charge in [0.25, 0.3) is 11.5 Å². The van der Waals surface area contributed by atoms with Crippen LogP contribution in [0.2, 0.25) is 0 Å². The lowest BCUT2D eigenvalue weighted by molar-refractivity contribution is 0.0706. The predicted molar refractivity (Wildman–Crippen MR) is 116 cm³/mol. The third-order valence-corrected chi connectivity index (χ3v) is 6.71. The molecule has 0 bridgehead atoms. The predicted octanol–water partition coefficient (Wildman–Crippen LogP) is 3.28. The van der Waals surface area contributed by atoms with Gasteiger partial charge in [0.1, 0.15) is 5.69 Å². The number of thiazole rings is 1. The van der Waals surface area contributed by atoms with Crippen molar-refractivity contribution in [2.75, 3.05) is 13.1 Å². The molecular formula is C20H19BrN4O3S. The number of carbonyl (C=O) groups excluding carboxylic acids is 1. The van der Waals surface area contributed by atoms with Crippen LogP contribution in [0, 0.1) is 6.92 Å². The topological polar surface area (TPSA) is 98.9 Å². The second-order valence-electron chi connectivity index (χ2n) is 7.03. The van der Waals surface area contributed by atoms with Crippen molar-refractivity contribution < 1.29 is 4.79 Å². The Balaban J connectivity index is 1.46. The van der Waals surface area contributed by atoms with Crippen LogP contribution in [0.1, 0.15) is 39.1 Å². The zero-order valence-corrected chi connectivity index (χ0v) is 18.1. The van der Waals surface area contributed by atoms with E-state index in [1.807, 2.05) is 12.1 Å². The summed E-state index contributed by atoms with van der Waals surface area (Å²) < 4.78 is 1.04. The number of aryl methyl sites for hydroxylation is 1. The molecule has 150 valence electrons. The first-order valence-corrected chi connectivity index (χ1v) is 10.9. The van der Waals surface area contributed by atoms with Gasteiger partial charge >= 0.3 is 5.69 Å². The first kappa shape index (κ1) is 19.8. The zero-order valence-electron chi connectivity index (χ0n) is 15.7. The van der Waals surface area contributed by atoms with Crippen molar-refractivity contribution in [2.45, 2.75) is 25.7 Å². The standard InChI is InChI=1S/C20H19BrN4O3S/c1-11-17(12-2-4-14(21)5-3-12)24-18(29-11)13-6-8-25(9-7-13)19(27)15-10-16(26)23-20(28)22-15/h2-5,10,13H,6-9H2,1H3,(H2,22,23,26,28). The Kier molecular flexibility index (Phi) is 5.51. The molecule has 0 aliphatic carbocycles. The van der Waals surface area contributed by atoms with E-state index >= 15 is 0 Å². The molecule has 1 amide bonds. The summed E-state index contributed by atoms with van der Waals surface area (Å²) in [4.78, 5) is 47.7. The van der Waals surface area contributed by atoms with E-state index in [9.17, 15) is 14.4 Å². The van der Waals surface area contributed by atoms with Gasteiger partial charge in [0.05, 0.1) is 10.7 Å². The molecule has 0 saturated carbocycles. The highest BCUT2D eigenvalue weighted by Crippen LogP contribution is 2.36. The van der Waals surface area contributed by atoms with E-state index in [2.05, 4.69) is 45.0 Å². The van der Waals surface area contributed by atoms with Crippen LogP contribution in [-0.4, -0.2) is 38.8 Å². The highest BCUT2D eigenvalue weighted by atomic mass is 79.9. The van der Waals surface area contributed by atoms with Crippen molar-refractivity contribution in [1.29, 1.82) is 0 Å². The number of benzene rings is 1. The fraction of sp³-hybridized carbons (Fsp3) is 0.300. The van der Waals surface area contributed by atoms with Gasteiger partial charge in [-0.15, -0.1) is 11.3 Å². The van der Waals surface area contributed by atoms with Crippen molar-refractivity contribution in [3.8, 4) is 11.3 Å². The molecule has 1 saturated heterocycles. The molecule has 0 radical (unpaired) electrons. The van der Waals surface area contributed by atoms with E-state index in [4.69, 9.17) is 4.98 Å². The molecule has 2 aromatic heterocycles. The summed E-state index contributed by atoms with van der Waals surface area (Å²) in [7, 11) is 0. The van der Waals surface area contributed by atoms with Crippen LogP contribution >= 0.6 is 27.3 Å². The van der Waals surface area contributed by atoms with Crippen molar-refractivity contribution in [2.24, 2.45) is 0 Å². The maximum atomic E-state index is 12.6. The minimum atomic E-state index is -0.672. The van der Waals surface area contributed by atoms with Gasteiger partial charge in [0.2, 0.25) is 0 Å². The average molecular weight is 475 g/mol. The normalized spacial score (nSPS) is 14.9. The minimum Gasteiger partial charge on any atom is -0.337 e. The number of halogens is 1. The first-order valence-electron chi connectivity index (χ1n) is 9.27. The number of likely N-dealkylation sites (tertiary alicyclic amines) is 1. The van der Waals surface area contributed by atoms with Crippen molar-refractivity contribution in [1.82, 2.24) is 19.9 Å². The Bertz CT molecular complexity index is 1130. The summed E-state index contributed by atoms with van der Waals surface area (Å²) in [5.74, 6) is -0.0253. The van der Waals surface area contributed by atoms with Gasteiger partial charge in [-0.25, -0.2) is 9.78 Å². The van der Waals surface area contributed by atoms with Gasteiger partial charge < -0.3 is 9.88 Å². The molecule has 1 fully saturated rings. The van der Waals surface area contributed by atoms with Gasteiger partial charge in [-0.3, -0.25) is 14.6 Å². The van der Waals surface area contributed by atoms with Crippen LogP contribution in [0.15, 0.2) is 44.4 Å². The summed E-state index contributed by atoms with van der Waals surface area (Å²) in [6.07, 6.45) is 1.60. The number of nitrogens with zero attached hydrogens (tertiary/aromatic N) is 2. The van der Waals surface area contributed by atoms with E-state index in [1.54, 1.807) is 16.2 Å². The SMILES string of the molecule is Cc1sc(C2CCN(C(=O)c3cc(=O)[nH]c(=O)[nH]3)CC2)nc1-c1ccc(Br)cc1. The van der Waals surface area contributed by atoms with Crippen LogP contribution in [-0.2, 0) is 0 Å². The summed E-state index contributed by atoms with van der Waals surface area (Å²) in [5, 5.41) is 1.09. The number of hydrogen-bond donors (Lipinski definition) is 2. The maximum absolute atomic E-state index is 12.6. The van der Waals surface area contributed by atoms with Gasteiger partial charge in [-0.05, 0) is 31.9 Å². The largest absolute Gasteiger partial charge is 0.337 e. The number of amides is 1. The molecule has 0 atom stereocenters. The summed E-state index contributed by atoms with van der Waals surface area (Å²) >= 11 is 5.17. The third-order valence-electron chi connectivity index (χ3n) is 5.05. The lowest BCUT2D eigenvalue weighted by atomic mass is 9.97. The number of nitrogens with one attached hydrogen (secondary N) is 2. The fourth-order valence-corrected chi connectivity index (χ4v) is 4.93. The quantitative estimate of drug-likeness (QED) is 0.608. The Morgan fingerprint density at radius 2 is 1.86 bits per heavy atom. The molecule has 0 spiro atoms. The van der Waals surface area contributed by atoms with Crippen LogP contribution in [0.5, 0.6) is 0 Å². The molecule has 2 N–H and O–H groups in total. The number of piperidine rings is 1. The van der Waals surface area contributed by atoms with Crippen LogP contribution < -0.4 is 11.2 Å². The number of carbonyl (C=O) groups is 1. The fourth-order valence-electron chi connectivity index (χ4n) is 3.55. The molecule has 29 heavy (non-hydrogen) atoms. The Labute approximate surface area is 179 Å². The van der Waals surface area contributed by atoms with E-state index in [1.165, 1.54) is 4.88 Å². The van der Waals surface area contributed by atoms with Gasteiger partial charge in [0.15, 0.2) is 0 Å². The number of rotatable bonds is 3. The summed E-state index contributed by atoms with van der Waals surface area (Å²) in [6.45, 7) is 3.20. The molecule has 1 aromatic carbocycles. The van der Waals surface area contributed by atoms with Crippen molar-refractivity contribution >= 4 is 33.2 Å². The zero-order chi connectivity index (χ0) is 20.5. The highest BCUT2D eigenvalue weighted by molar-refractivity contribution is 9.10. The summed E-state index contributed by atoms with van der Waals surface area (Å²) in [6, 6.07) is 9.26. The third kappa shape index (κ3) is 4.25. The molecule has 3 aromatic rings. The Morgan fingerprint density at radius 1 is 1.17 bits per heavy atom. The van der Waals surface area contributed by atoms with Crippen LogP contribution in [0.25, 0.3) is 11.3 Å². The highest BCUT2D eigenvalue weighted by Gasteiger charge is 2.27. The lowest BCUT2D eigenvalue weighted by Gasteiger charge is -2.31. The van der Waals surface area contributed by atoms with Crippen LogP contribution in [0.3, 0.4) is 0 Å². The smallest absolute Gasteiger partial charge is 0.326 e. The molecule has 9 heteroatoms. The minimum absolute atomic E-state index is 0.0276. The van der Waals surface area contributed by atoms with E-state index < -0.39 is 11.2 Å². The maximum Gasteiger partial charge on any atom is 0.326 e. The molecule has 0 unspecified atom stereocenters. The first-order chi connectivity index (χ1) is 13.9. The number of hydrogen-bond acceptors (Lipinski definition) is 5. The monoisotopic (exact) mass is 474 g/mol. The molecule has 7 nitrogen and oxygen atoms in total. The second-order valence-corrected chi connectivity index (χ2v) is 9.18. The van der Waals surface area contributed by atoms with Gasteiger partial charge in [-0.1, -0.05) is 28.1 Å². The van der Waals surface area contributed by atoms with Crippen molar-refractivity contribution in [3.05, 3.63) is 71.2 Å².